The van der Waals surface area contributed by atoms with Gasteiger partial charge in [-0.25, -0.2) is 0 Å². The van der Waals surface area contributed by atoms with Crippen LogP contribution in [0.5, 0.6) is 11.5 Å². The number of benzene rings is 2. The normalized spacial score (nSPS) is 12.0. The zero-order valence-electron chi connectivity index (χ0n) is 11.0. The molecule has 3 rings (SSSR count). The molecule has 0 aromatic heterocycles. The molecule has 0 radical (unpaired) electrons. The molecule has 6 heteroatoms. The molecule has 2 aromatic rings. The van der Waals surface area contributed by atoms with Crippen LogP contribution < -0.4 is 20.5 Å². The number of hydrogen-bond donors (Lipinski definition) is 2. The molecule has 0 bridgehead atoms. The van der Waals surface area contributed by atoms with E-state index < -0.39 is 0 Å². The van der Waals surface area contributed by atoms with Crippen molar-refractivity contribution in [3.05, 3.63) is 53.6 Å². The van der Waals surface area contributed by atoms with Crippen LogP contribution in [0.4, 0.5) is 5.69 Å². The van der Waals surface area contributed by atoms with Crippen LogP contribution >= 0.6 is 12.2 Å². The number of carbonyl (C=O) groups excluding carboxylic acids is 1. The van der Waals surface area contributed by atoms with Crippen molar-refractivity contribution in [2.24, 2.45) is 5.73 Å². The van der Waals surface area contributed by atoms with Crippen molar-refractivity contribution in [2.45, 2.75) is 0 Å². The van der Waals surface area contributed by atoms with E-state index in [0.29, 0.717) is 27.7 Å². The van der Waals surface area contributed by atoms with Crippen LogP contribution in [0, 0.1) is 0 Å². The highest BCUT2D eigenvalue weighted by Crippen LogP contribution is 2.32. The Morgan fingerprint density at radius 3 is 2.43 bits per heavy atom. The average molecular weight is 300 g/mol. The summed E-state index contributed by atoms with van der Waals surface area (Å²) in [5.41, 5.74) is 7.44. The van der Waals surface area contributed by atoms with Crippen molar-refractivity contribution in [1.82, 2.24) is 0 Å². The Kier molecular flexibility index (Phi) is 3.45. The van der Waals surface area contributed by atoms with Gasteiger partial charge in [-0.15, -0.1) is 0 Å². The van der Waals surface area contributed by atoms with Crippen LogP contribution in [0.25, 0.3) is 0 Å². The minimum atomic E-state index is -0.226. The van der Waals surface area contributed by atoms with Gasteiger partial charge in [0, 0.05) is 16.8 Å². The Labute approximate surface area is 126 Å². The van der Waals surface area contributed by atoms with Crippen molar-refractivity contribution < 1.29 is 14.3 Å². The van der Waals surface area contributed by atoms with Crippen LogP contribution in [-0.4, -0.2) is 17.7 Å². The zero-order valence-corrected chi connectivity index (χ0v) is 11.8. The number of thiocarbonyl (C=S) groups is 1. The number of ether oxygens (including phenoxy) is 2. The second-order valence-corrected chi connectivity index (χ2v) is 4.90. The highest BCUT2D eigenvalue weighted by atomic mass is 32.1. The maximum atomic E-state index is 12.2. The third-order valence-electron chi connectivity index (χ3n) is 3.06. The van der Waals surface area contributed by atoms with Gasteiger partial charge >= 0.3 is 0 Å². The standard InChI is InChI=1S/C15H12N2O3S/c16-14(21)9-1-4-11(5-2-9)17-15(18)10-3-6-12-13(7-10)20-8-19-12/h1-7H,8H2,(H2,16,21)(H,17,18). The number of anilines is 1. The number of nitrogens with one attached hydrogen (secondary N) is 1. The average Bonchev–Trinajstić information content (AvgIpc) is 2.95. The van der Waals surface area contributed by atoms with Crippen molar-refractivity contribution >= 4 is 28.8 Å². The number of carbonyl (C=O) groups is 1. The Hall–Kier alpha value is -2.60. The highest BCUT2D eigenvalue weighted by molar-refractivity contribution is 7.80. The lowest BCUT2D eigenvalue weighted by atomic mass is 10.1. The molecule has 1 aliphatic heterocycles. The van der Waals surface area contributed by atoms with E-state index in [-0.39, 0.29) is 12.7 Å². The van der Waals surface area contributed by atoms with Crippen LogP contribution in [0.1, 0.15) is 15.9 Å². The maximum Gasteiger partial charge on any atom is 0.255 e. The molecule has 0 unspecified atom stereocenters. The lowest BCUT2D eigenvalue weighted by Gasteiger charge is -2.07. The molecule has 1 heterocycles. The summed E-state index contributed by atoms with van der Waals surface area (Å²) in [6.07, 6.45) is 0. The Balaban J connectivity index is 1.75. The monoisotopic (exact) mass is 300 g/mol. The van der Waals surface area contributed by atoms with E-state index >= 15 is 0 Å². The molecule has 1 amide bonds. The van der Waals surface area contributed by atoms with E-state index in [0.717, 1.165) is 5.56 Å². The third kappa shape index (κ3) is 2.80. The van der Waals surface area contributed by atoms with Crippen molar-refractivity contribution in [2.75, 3.05) is 12.1 Å². The Morgan fingerprint density at radius 2 is 1.71 bits per heavy atom. The van der Waals surface area contributed by atoms with Gasteiger partial charge in [-0.3, -0.25) is 4.79 Å². The summed E-state index contributed by atoms with van der Waals surface area (Å²) in [6.45, 7) is 0.181. The van der Waals surface area contributed by atoms with Crippen molar-refractivity contribution in [3.63, 3.8) is 0 Å². The Morgan fingerprint density at radius 1 is 1.05 bits per heavy atom. The summed E-state index contributed by atoms with van der Waals surface area (Å²) in [6, 6.07) is 12.1. The SMILES string of the molecule is NC(=S)c1ccc(NC(=O)c2ccc3c(c2)OCO3)cc1. The largest absolute Gasteiger partial charge is 0.454 e. The number of hydrogen-bond acceptors (Lipinski definition) is 4. The first-order valence-corrected chi connectivity index (χ1v) is 6.65. The van der Waals surface area contributed by atoms with Crippen molar-refractivity contribution in [3.8, 4) is 11.5 Å². The van der Waals surface area contributed by atoms with E-state index in [1.54, 1.807) is 42.5 Å². The van der Waals surface area contributed by atoms with Gasteiger partial charge in [-0.05, 0) is 42.5 Å². The van der Waals surface area contributed by atoms with Crippen molar-refractivity contribution in [1.29, 1.82) is 0 Å². The van der Waals surface area contributed by atoms with Crippen LogP contribution in [-0.2, 0) is 0 Å². The lowest BCUT2D eigenvalue weighted by Crippen LogP contribution is -2.13. The molecule has 5 nitrogen and oxygen atoms in total. The van der Waals surface area contributed by atoms with Crippen LogP contribution in [0.15, 0.2) is 42.5 Å². The lowest BCUT2D eigenvalue weighted by molar-refractivity contribution is 0.102. The molecule has 3 N–H and O–H groups in total. The first kappa shape index (κ1) is 13.4. The molecule has 106 valence electrons. The fourth-order valence-corrected chi connectivity index (χ4v) is 2.09. The van der Waals surface area contributed by atoms with Gasteiger partial charge in [0.1, 0.15) is 4.99 Å². The van der Waals surface area contributed by atoms with Gasteiger partial charge in [0.05, 0.1) is 0 Å². The molecule has 0 fully saturated rings. The Bertz CT molecular complexity index is 713. The molecule has 21 heavy (non-hydrogen) atoms. The van der Waals surface area contributed by atoms with Gasteiger partial charge < -0.3 is 20.5 Å². The summed E-state index contributed by atoms with van der Waals surface area (Å²) in [5, 5.41) is 2.80. The second kappa shape index (κ2) is 5.41. The fraction of sp³-hybridized carbons (Fsp3) is 0.0667. The van der Waals surface area contributed by atoms with Gasteiger partial charge in [-0.2, -0.15) is 0 Å². The molecule has 0 saturated carbocycles. The number of rotatable bonds is 3. The van der Waals surface area contributed by atoms with E-state index in [1.165, 1.54) is 0 Å². The molecule has 0 saturated heterocycles. The number of fused-ring (bicyclic) bond motifs is 1. The predicted molar refractivity (Wildman–Crippen MR) is 82.8 cm³/mol. The van der Waals surface area contributed by atoms with Crippen LogP contribution in [0.2, 0.25) is 0 Å². The van der Waals surface area contributed by atoms with Gasteiger partial charge in [0.25, 0.3) is 5.91 Å². The molecule has 0 atom stereocenters. The summed E-state index contributed by atoms with van der Waals surface area (Å²) in [4.78, 5) is 12.5. The van der Waals surface area contributed by atoms with E-state index in [9.17, 15) is 4.79 Å². The topological polar surface area (TPSA) is 73.6 Å². The molecule has 0 spiro atoms. The summed E-state index contributed by atoms with van der Waals surface area (Å²) < 4.78 is 10.5. The molecule has 0 aliphatic carbocycles. The first-order valence-electron chi connectivity index (χ1n) is 6.24. The van der Waals surface area contributed by atoms with Gasteiger partial charge in [-0.1, -0.05) is 12.2 Å². The summed E-state index contributed by atoms with van der Waals surface area (Å²) in [7, 11) is 0. The molecular formula is C15H12N2O3S. The summed E-state index contributed by atoms with van der Waals surface area (Å²) >= 11 is 4.88. The quantitative estimate of drug-likeness (QED) is 0.851. The minimum absolute atomic E-state index is 0.181. The van der Waals surface area contributed by atoms with E-state index in [4.69, 9.17) is 27.4 Å². The smallest absolute Gasteiger partial charge is 0.255 e. The number of amides is 1. The minimum Gasteiger partial charge on any atom is -0.454 e. The van der Waals surface area contributed by atoms with Gasteiger partial charge in [0.15, 0.2) is 11.5 Å². The maximum absolute atomic E-state index is 12.2. The summed E-state index contributed by atoms with van der Waals surface area (Å²) in [5.74, 6) is 0.996. The highest BCUT2D eigenvalue weighted by Gasteiger charge is 2.16. The first-order chi connectivity index (χ1) is 10.1. The number of nitrogens with two attached hydrogens (primary N) is 1. The van der Waals surface area contributed by atoms with Crippen LogP contribution in [0.3, 0.4) is 0 Å². The molecular weight excluding hydrogens is 288 g/mol. The van der Waals surface area contributed by atoms with E-state index in [1.807, 2.05) is 0 Å². The third-order valence-corrected chi connectivity index (χ3v) is 3.30. The molecule has 1 aliphatic rings. The molecule has 2 aromatic carbocycles. The van der Waals surface area contributed by atoms with E-state index in [2.05, 4.69) is 5.32 Å². The predicted octanol–water partition coefficient (Wildman–Crippen LogP) is 2.30. The fourth-order valence-electron chi connectivity index (χ4n) is 1.96. The zero-order chi connectivity index (χ0) is 14.8. The second-order valence-electron chi connectivity index (χ2n) is 4.46. The van der Waals surface area contributed by atoms with Gasteiger partial charge in [0.2, 0.25) is 6.79 Å².